The highest BCUT2D eigenvalue weighted by molar-refractivity contribution is 5.95. The predicted octanol–water partition coefficient (Wildman–Crippen LogP) is 3.33. The van der Waals surface area contributed by atoms with Gasteiger partial charge < -0.3 is 15.2 Å². The number of aryl methyl sites for hydroxylation is 2. The number of anilines is 2. The summed E-state index contributed by atoms with van der Waals surface area (Å²) in [5, 5.41) is 9.50. The van der Waals surface area contributed by atoms with E-state index in [1.54, 1.807) is 24.3 Å². The molecule has 0 radical (unpaired) electrons. The standard InChI is InChI=1S/C20H17FN4O3/c21-14-4-1-12(2-5-14)20-24-19(28-25-20)10-9-17(26)22-15-6-7-16-13(11-15)3-8-18(27)23-16/h1-2,4-7,11H,3,8-10H2,(H,22,26)(H,23,27). The lowest BCUT2D eigenvalue weighted by Gasteiger charge is -2.17. The molecule has 1 aliphatic heterocycles. The SMILES string of the molecule is O=C(CCc1nc(-c2ccc(F)cc2)no1)Nc1ccc2c(c1)CCC(=O)N2. The molecule has 2 heterocycles. The minimum atomic E-state index is -0.339. The molecule has 0 spiro atoms. The summed E-state index contributed by atoms with van der Waals surface area (Å²) < 4.78 is 18.1. The first-order chi connectivity index (χ1) is 13.6. The van der Waals surface area contributed by atoms with Crippen LogP contribution in [0.25, 0.3) is 11.4 Å². The lowest BCUT2D eigenvalue weighted by atomic mass is 10.0. The Balaban J connectivity index is 1.34. The maximum Gasteiger partial charge on any atom is 0.227 e. The molecule has 8 heteroatoms. The molecule has 0 bridgehead atoms. The zero-order chi connectivity index (χ0) is 19.5. The number of fused-ring (bicyclic) bond motifs is 1. The Morgan fingerprint density at radius 3 is 2.82 bits per heavy atom. The lowest BCUT2D eigenvalue weighted by molar-refractivity contribution is -0.117. The van der Waals surface area contributed by atoms with Crippen molar-refractivity contribution in [1.82, 2.24) is 10.1 Å². The van der Waals surface area contributed by atoms with E-state index in [1.165, 1.54) is 12.1 Å². The number of aromatic nitrogens is 2. The van der Waals surface area contributed by atoms with Crippen LogP contribution < -0.4 is 10.6 Å². The van der Waals surface area contributed by atoms with Crippen LogP contribution in [0, 0.1) is 5.82 Å². The number of amides is 2. The number of carbonyl (C=O) groups is 2. The van der Waals surface area contributed by atoms with Gasteiger partial charge in [-0.25, -0.2) is 4.39 Å². The zero-order valence-electron chi connectivity index (χ0n) is 14.9. The normalized spacial score (nSPS) is 13.0. The van der Waals surface area contributed by atoms with Crippen molar-refractivity contribution < 1.29 is 18.5 Å². The molecule has 1 aliphatic rings. The summed E-state index contributed by atoms with van der Waals surface area (Å²) in [7, 11) is 0. The molecule has 28 heavy (non-hydrogen) atoms. The van der Waals surface area contributed by atoms with Crippen molar-refractivity contribution in [3.8, 4) is 11.4 Å². The summed E-state index contributed by atoms with van der Waals surface area (Å²) in [6.07, 6.45) is 1.57. The summed E-state index contributed by atoms with van der Waals surface area (Å²) in [5.41, 5.74) is 3.10. The molecule has 0 fully saturated rings. The van der Waals surface area contributed by atoms with E-state index in [0.717, 1.165) is 11.3 Å². The number of carbonyl (C=O) groups excluding carboxylic acids is 2. The molecule has 0 unspecified atom stereocenters. The van der Waals surface area contributed by atoms with Gasteiger partial charge in [0.2, 0.25) is 23.5 Å². The van der Waals surface area contributed by atoms with Crippen LogP contribution >= 0.6 is 0 Å². The number of benzene rings is 2. The number of hydrogen-bond donors (Lipinski definition) is 2. The van der Waals surface area contributed by atoms with Crippen LogP contribution in [0.3, 0.4) is 0 Å². The maximum atomic E-state index is 13.0. The highest BCUT2D eigenvalue weighted by Crippen LogP contribution is 2.25. The molecule has 0 saturated heterocycles. The van der Waals surface area contributed by atoms with Crippen molar-refractivity contribution in [3.05, 3.63) is 59.7 Å². The Morgan fingerprint density at radius 2 is 2.00 bits per heavy atom. The summed E-state index contributed by atoms with van der Waals surface area (Å²) in [4.78, 5) is 27.8. The smallest absolute Gasteiger partial charge is 0.227 e. The van der Waals surface area contributed by atoms with Crippen LogP contribution in [-0.4, -0.2) is 22.0 Å². The number of nitrogens with one attached hydrogen (secondary N) is 2. The second kappa shape index (κ2) is 7.59. The van der Waals surface area contributed by atoms with E-state index < -0.39 is 0 Å². The van der Waals surface area contributed by atoms with Crippen molar-refractivity contribution in [3.63, 3.8) is 0 Å². The first kappa shape index (κ1) is 17.8. The summed E-state index contributed by atoms with van der Waals surface area (Å²) in [6.45, 7) is 0. The van der Waals surface area contributed by atoms with Gasteiger partial charge in [0.15, 0.2) is 0 Å². The van der Waals surface area contributed by atoms with E-state index in [2.05, 4.69) is 20.8 Å². The molecular weight excluding hydrogens is 363 g/mol. The van der Waals surface area contributed by atoms with Crippen molar-refractivity contribution in [1.29, 1.82) is 0 Å². The molecule has 2 amide bonds. The van der Waals surface area contributed by atoms with E-state index in [0.29, 0.717) is 42.2 Å². The van der Waals surface area contributed by atoms with E-state index >= 15 is 0 Å². The minimum Gasteiger partial charge on any atom is -0.339 e. The van der Waals surface area contributed by atoms with Crippen LogP contribution in [0.15, 0.2) is 47.0 Å². The van der Waals surface area contributed by atoms with Crippen LogP contribution in [0.4, 0.5) is 15.8 Å². The Kier molecular flexibility index (Phi) is 4.84. The third kappa shape index (κ3) is 4.06. The second-order valence-corrected chi connectivity index (χ2v) is 6.49. The topological polar surface area (TPSA) is 97.1 Å². The largest absolute Gasteiger partial charge is 0.339 e. The molecule has 2 N–H and O–H groups in total. The number of rotatable bonds is 5. The van der Waals surface area contributed by atoms with Gasteiger partial charge in [0.05, 0.1) is 0 Å². The van der Waals surface area contributed by atoms with Crippen LogP contribution in [0.2, 0.25) is 0 Å². The molecular formula is C20H17FN4O3. The molecule has 142 valence electrons. The van der Waals surface area contributed by atoms with Crippen molar-refractivity contribution in [2.45, 2.75) is 25.7 Å². The first-order valence-electron chi connectivity index (χ1n) is 8.88. The molecule has 0 aliphatic carbocycles. The Labute approximate surface area is 160 Å². The Bertz CT molecular complexity index is 1030. The Morgan fingerprint density at radius 1 is 1.18 bits per heavy atom. The average Bonchev–Trinajstić information content (AvgIpc) is 3.16. The molecule has 2 aromatic carbocycles. The number of nitrogens with zero attached hydrogens (tertiary/aromatic N) is 2. The molecule has 4 rings (SSSR count). The molecule has 0 saturated carbocycles. The lowest BCUT2D eigenvalue weighted by Crippen LogP contribution is -2.19. The average molecular weight is 380 g/mol. The van der Waals surface area contributed by atoms with E-state index in [1.807, 2.05) is 6.07 Å². The molecule has 1 aromatic heterocycles. The van der Waals surface area contributed by atoms with E-state index in [9.17, 15) is 14.0 Å². The third-order valence-corrected chi connectivity index (χ3v) is 4.42. The third-order valence-electron chi connectivity index (χ3n) is 4.42. The quantitative estimate of drug-likeness (QED) is 0.708. The van der Waals surface area contributed by atoms with E-state index in [4.69, 9.17) is 4.52 Å². The summed E-state index contributed by atoms with van der Waals surface area (Å²) >= 11 is 0. The zero-order valence-corrected chi connectivity index (χ0v) is 14.9. The van der Waals surface area contributed by atoms with Crippen LogP contribution in [0.1, 0.15) is 24.3 Å². The van der Waals surface area contributed by atoms with Gasteiger partial charge in [-0.05, 0) is 54.4 Å². The van der Waals surface area contributed by atoms with Gasteiger partial charge in [-0.15, -0.1) is 0 Å². The fourth-order valence-corrected chi connectivity index (χ4v) is 2.98. The number of hydrogen-bond acceptors (Lipinski definition) is 5. The van der Waals surface area contributed by atoms with Gasteiger partial charge >= 0.3 is 0 Å². The first-order valence-corrected chi connectivity index (χ1v) is 8.88. The van der Waals surface area contributed by atoms with Crippen LogP contribution in [0.5, 0.6) is 0 Å². The minimum absolute atomic E-state index is 0.00356. The summed E-state index contributed by atoms with van der Waals surface area (Å²) in [5.74, 6) is 0.175. The van der Waals surface area contributed by atoms with Gasteiger partial charge in [0.1, 0.15) is 5.82 Å². The number of halogens is 1. The highest BCUT2D eigenvalue weighted by atomic mass is 19.1. The van der Waals surface area contributed by atoms with Crippen molar-refractivity contribution >= 4 is 23.2 Å². The van der Waals surface area contributed by atoms with Crippen LogP contribution in [-0.2, 0) is 22.4 Å². The van der Waals surface area contributed by atoms with Crippen molar-refractivity contribution in [2.75, 3.05) is 10.6 Å². The van der Waals surface area contributed by atoms with Crippen molar-refractivity contribution in [2.24, 2.45) is 0 Å². The molecule has 3 aromatic rings. The monoisotopic (exact) mass is 380 g/mol. The molecule has 7 nitrogen and oxygen atoms in total. The van der Waals surface area contributed by atoms with Gasteiger partial charge in [-0.1, -0.05) is 5.16 Å². The fraction of sp³-hybridized carbons (Fsp3) is 0.200. The maximum absolute atomic E-state index is 13.0. The predicted molar refractivity (Wildman–Crippen MR) is 100 cm³/mol. The molecule has 0 atom stereocenters. The summed E-state index contributed by atoms with van der Waals surface area (Å²) in [6, 6.07) is 11.2. The fourth-order valence-electron chi connectivity index (χ4n) is 2.98. The van der Waals surface area contributed by atoms with Gasteiger partial charge in [0, 0.05) is 36.2 Å². The van der Waals surface area contributed by atoms with Gasteiger partial charge in [-0.3, -0.25) is 9.59 Å². The Hall–Kier alpha value is -3.55. The van der Waals surface area contributed by atoms with Gasteiger partial charge in [-0.2, -0.15) is 4.98 Å². The highest BCUT2D eigenvalue weighted by Gasteiger charge is 2.16. The second-order valence-electron chi connectivity index (χ2n) is 6.49. The van der Waals surface area contributed by atoms with Gasteiger partial charge in [0.25, 0.3) is 0 Å². The van der Waals surface area contributed by atoms with E-state index in [-0.39, 0.29) is 24.1 Å².